The van der Waals surface area contributed by atoms with Gasteiger partial charge in [-0.2, -0.15) is 0 Å². The number of fused-ring (bicyclic) bond motifs is 1. The van der Waals surface area contributed by atoms with Gasteiger partial charge in [-0.1, -0.05) is 18.2 Å². The van der Waals surface area contributed by atoms with Crippen LogP contribution in [0.3, 0.4) is 0 Å². The Bertz CT molecular complexity index is 698. The summed E-state index contributed by atoms with van der Waals surface area (Å²) in [6, 6.07) is 8.14. The van der Waals surface area contributed by atoms with Gasteiger partial charge >= 0.3 is 6.03 Å². The minimum Gasteiger partial charge on any atom is -0.478 e. The molecule has 2 aromatic rings. The number of nitrogens with one attached hydrogen (secondary N) is 2. The van der Waals surface area contributed by atoms with E-state index in [1.165, 1.54) is 18.4 Å². The molecule has 122 valence electrons. The number of ether oxygens (including phenoxy) is 1. The number of carbonyl (C=O) groups is 1. The summed E-state index contributed by atoms with van der Waals surface area (Å²) in [5, 5.41) is 9.71. The number of aromatic nitrogens is 2. The molecule has 2 N–H and O–H groups in total. The van der Waals surface area contributed by atoms with Crippen molar-refractivity contribution >= 4 is 17.4 Å². The van der Waals surface area contributed by atoms with Gasteiger partial charge in [-0.15, -0.1) is 5.10 Å². The monoisotopic (exact) mass is 315 g/mol. The number of rotatable bonds is 5. The first-order chi connectivity index (χ1) is 11.2. The lowest BCUT2D eigenvalue weighted by Crippen LogP contribution is -2.36. The van der Waals surface area contributed by atoms with E-state index in [2.05, 4.69) is 38.8 Å². The lowest BCUT2D eigenvalue weighted by Gasteiger charge is -2.19. The molecule has 0 fully saturated rings. The van der Waals surface area contributed by atoms with E-state index < -0.39 is 0 Å². The Kier molecular flexibility index (Phi) is 4.36. The van der Waals surface area contributed by atoms with Crippen molar-refractivity contribution < 1.29 is 9.53 Å². The van der Waals surface area contributed by atoms with E-state index >= 15 is 0 Å². The molecule has 0 spiro atoms. The SMILES string of the molecule is COc1nn(C)cc1NC(=O)NCCN1CCc2ccccc21. The van der Waals surface area contributed by atoms with Crippen molar-refractivity contribution in [1.82, 2.24) is 15.1 Å². The first kappa shape index (κ1) is 15.2. The summed E-state index contributed by atoms with van der Waals surface area (Å²) in [6.07, 6.45) is 2.77. The van der Waals surface area contributed by atoms with E-state index in [9.17, 15) is 4.79 Å². The maximum Gasteiger partial charge on any atom is 0.319 e. The number of benzene rings is 1. The number of hydrogen-bond donors (Lipinski definition) is 2. The number of para-hydroxylation sites is 1. The normalized spacial score (nSPS) is 12.9. The van der Waals surface area contributed by atoms with E-state index in [1.54, 1.807) is 17.9 Å². The molecule has 1 aromatic heterocycles. The molecule has 2 heterocycles. The number of carbonyl (C=O) groups excluding carboxylic acids is 1. The molecule has 0 saturated heterocycles. The topological polar surface area (TPSA) is 71.4 Å². The Hall–Kier alpha value is -2.70. The zero-order valence-electron chi connectivity index (χ0n) is 13.4. The van der Waals surface area contributed by atoms with Gasteiger partial charge < -0.3 is 20.3 Å². The third kappa shape index (κ3) is 3.39. The summed E-state index contributed by atoms with van der Waals surface area (Å²) in [5.41, 5.74) is 3.19. The third-order valence-corrected chi connectivity index (χ3v) is 3.89. The first-order valence-electron chi connectivity index (χ1n) is 7.62. The van der Waals surface area contributed by atoms with Crippen molar-refractivity contribution in [3.05, 3.63) is 36.0 Å². The number of anilines is 2. The van der Waals surface area contributed by atoms with Crippen molar-refractivity contribution in [2.45, 2.75) is 6.42 Å². The van der Waals surface area contributed by atoms with Crippen LogP contribution in [0.15, 0.2) is 30.5 Å². The van der Waals surface area contributed by atoms with E-state index in [0.29, 0.717) is 18.1 Å². The Morgan fingerprint density at radius 1 is 1.39 bits per heavy atom. The number of hydrogen-bond acceptors (Lipinski definition) is 4. The number of urea groups is 1. The minimum absolute atomic E-state index is 0.260. The van der Waals surface area contributed by atoms with E-state index in [0.717, 1.165) is 19.5 Å². The van der Waals surface area contributed by atoms with Crippen molar-refractivity contribution in [2.24, 2.45) is 7.05 Å². The van der Waals surface area contributed by atoms with Crippen LogP contribution in [0, 0.1) is 0 Å². The molecular formula is C16H21N5O2. The second-order valence-electron chi connectivity index (χ2n) is 5.47. The van der Waals surface area contributed by atoms with Crippen molar-refractivity contribution in [2.75, 3.05) is 37.0 Å². The zero-order chi connectivity index (χ0) is 16.2. The van der Waals surface area contributed by atoms with Crippen molar-refractivity contribution in [3.8, 4) is 5.88 Å². The van der Waals surface area contributed by atoms with E-state index in [-0.39, 0.29) is 6.03 Å². The lowest BCUT2D eigenvalue weighted by molar-refractivity contribution is 0.252. The van der Waals surface area contributed by atoms with Crippen molar-refractivity contribution in [1.29, 1.82) is 0 Å². The van der Waals surface area contributed by atoms with Gasteiger partial charge in [0.2, 0.25) is 0 Å². The highest BCUT2D eigenvalue weighted by molar-refractivity contribution is 5.90. The van der Waals surface area contributed by atoms with Gasteiger partial charge in [0.25, 0.3) is 5.88 Å². The van der Waals surface area contributed by atoms with Crippen LogP contribution in [0.5, 0.6) is 5.88 Å². The van der Waals surface area contributed by atoms with Crippen LogP contribution < -0.4 is 20.3 Å². The average Bonchev–Trinajstić information content (AvgIpc) is 3.11. The Labute approximate surface area is 135 Å². The maximum atomic E-state index is 12.0. The molecule has 3 rings (SSSR count). The smallest absolute Gasteiger partial charge is 0.319 e. The van der Waals surface area contributed by atoms with Crippen LogP contribution >= 0.6 is 0 Å². The highest BCUT2D eigenvalue weighted by atomic mass is 16.5. The van der Waals surface area contributed by atoms with Gasteiger partial charge in [0.05, 0.1) is 13.3 Å². The molecule has 7 heteroatoms. The Morgan fingerprint density at radius 2 is 2.22 bits per heavy atom. The predicted octanol–water partition coefficient (Wildman–Crippen LogP) is 1.61. The summed E-state index contributed by atoms with van der Waals surface area (Å²) < 4.78 is 6.70. The fraction of sp³-hybridized carbons (Fsp3) is 0.375. The van der Waals surface area contributed by atoms with E-state index in [4.69, 9.17) is 4.74 Å². The van der Waals surface area contributed by atoms with Crippen LogP contribution in [0.1, 0.15) is 5.56 Å². The number of amides is 2. The molecule has 0 unspecified atom stereocenters. The van der Waals surface area contributed by atoms with Crippen LogP contribution in [-0.4, -0.2) is 42.6 Å². The quantitative estimate of drug-likeness (QED) is 0.879. The highest BCUT2D eigenvalue weighted by Crippen LogP contribution is 2.26. The molecule has 1 aromatic carbocycles. The van der Waals surface area contributed by atoms with Gasteiger partial charge in [-0.25, -0.2) is 4.79 Å². The number of methoxy groups -OCH3 is 1. The maximum absolute atomic E-state index is 12.0. The average molecular weight is 315 g/mol. The van der Waals surface area contributed by atoms with Crippen LogP contribution in [-0.2, 0) is 13.5 Å². The van der Waals surface area contributed by atoms with Gasteiger partial charge in [0, 0.05) is 32.4 Å². The fourth-order valence-electron chi connectivity index (χ4n) is 2.81. The highest BCUT2D eigenvalue weighted by Gasteiger charge is 2.18. The number of aryl methyl sites for hydroxylation is 1. The summed E-state index contributed by atoms with van der Waals surface area (Å²) in [5.74, 6) is 0.399. The summed E-state index contributed by atoms with van der Waals surface area (Å²) >= 11 is 0. The van der Waals surface area contributed by atoms with Gasteiger partial charge in [0.1, 0.15) is 5.69 Å². The predicted molar refractivity (Wildman–Crippen MR) is 89.1 cm³/mol. The fourth-order valence-corrected chi connectivity index (χ4v) is 2.81. The lowest BCUT2D eigenvalue weighted by atomic mass is 10.2. The van der Waals surface area contributed by atoms with E-state index in [1.807, 2.05) is 6.07 Å². The largest absolute Gasteiger partial charge is 0.478 e. The van der Waals surface area contributed by atoms with Gasteiger partial charge in [-0.3, -0.25) is 4.68 Å². The molecule has 1 aliphatic heterocycles. The van der Waals surface area contributed by atoms with Crippen LogP contribution in [0.4, 0.5) is 16.2 Å². The molecular weight excluding hydrogens is 294 g/mol. The summed E-state index contributed by atoms with van der Waals surface area (Å²) in [7, 11) is 3.30. The molecule has 23 heavy (non-hydrogen) atoms. The van der Waals surface area contributed by atoms with Gasteiger partial charge in [0.15, 0.2) is 0 Å². The molecule has 0 atom stereocenters. The van der Waals surface area contributed by atoms with Crippen molar-refractivity contribution in [3.63, 3.8) is 0 Å². The molecule has 2 amide bonds. The molecule has 1 aliphatic rings. The van der Waals surface area contributed by atoms with Gasteiger partial charge in [-0.05, 0) is 18.1 Å². The second kappa shape index (κ2) is 6.60. The molecule has 0 aliphatic carbocycles. The Balaban J connectivity index is 1.48. The minimum atomic E-state index is -0.260. The standard InChI is InChI=1S/C16H21N5O2/c1-20-11-13(15(19-20)23-2)18-16(22)17-8-10-21-9-7-12-5-3-4-6-14(12)21/h3-6,11H,7-10H2,1-2H3,(H2,17,18,22). The first-order valence-corrected chi connectivity index (χ1v) is 7.62. The van der Waals surface area contributed by atoms with Crippen LogP contribution in [0.25, 0.3) is 0 Å². The molecule has 0 saturated carbocycles. The number of nitrogens with zero attached hydrogens (tertiary/aromatic N) is 3. The summed E-state index contributed by atoms with van der Waals surface area (Å²) in [6.45, 7) is 2.36. The third-order valence-electron chi connectivity index (χ3n) is 3.89. The zero-order valence-corrected chi connectivity index (χ0v) is 13.4. The second-order valence-corrected chi connectivity index (χ2v) is 5.47. The molecule has 0 radical (unpaired) electrons. The molecule has 7 nitrogen and oxygen atoms in total. The molecule has 0 bridgehead atoms. The Morgan fingerprint density at radius 3 is 3.04 bits per heavy atom. The summed E-state index contributed by atoms with van der Waals surface area (Å²) in [4.78, 5) is 14.3. The van der Waals surface area contributed by atoms with Crippen LogP contribution in [0.2, 0.25) is 0 Å².